The summed E-state index contributed by atoms with van der Waals surface area (Å²) in [6.07, 6.45) is 8.81. The first-order valence-corrected chi connectivity index (χ1v) is 7.52. The molecule has 2 rings (SSSR count). The molecule has 0 saturated carbocycles. The molecule has 2 heteroatoms. The van der Waals surface area contributed by atoms with Crippen LogP contribution < -0.4 is 0 Å². The molecule has 2 heterocycles. The zero-order valence-corrected chi connectivity index (χ0v) is 11.7. The van der Waals surface area contributed by atoms with Crippen LogP contribution in [0.25, 0.3) is 0 Å². The largest absolute Gasteiger partial charge is 0.350 e. The molecule has 0 unspecified atom stereocenters. The SMILES string of the molecule is CCC(CC)[C@@H]1O[C@]2(CCCCO2)CC[C@@H]1C. The van der Waals surface area contributed by atoms with E-state index in [1.807, 2.05) is 0 Å². The van der Waals surface area contributed by atoms with Crippen LogP contribution in [0.2, 0.25) is 0 Å². The average Bonchev–Trinajstić information content (AvgIpc) is 2.36. The lowest BCUT2D eigenvalue weighted by Crippen LogP contribution is -2.50. The fourth-order valence-corrected chi connectivity index (χ4v) is 3.47. The Hall–Kier alpha value is -0.0800. The van der Waals surface area contributed by atoms with Gasteiger partial charge in [-0.15, -0.1) is 0 Å². The zero-order valence-electron chi connectivity index (χ0n) is 11.7. The van der Waals surface area contributed by atoms with E-state index in [1.165, 1.54) is 32.1 Å². The van der Waals surface area contributed by atoms with Gasteiger partial charge in [0.05, 0.1) is 12.7 Å². The van der Waals surface area contributed by atoms with Gasteiger partial charge in [-0.05, 0) is 31.1 Å². The summed E-state index contributed by atoms with van der Waals surface area (Å²) in [5, 5.41) is 0. The third-order valence-corrected chi connectivity index (χ3v) is 4.72. The first-order valence-electron chi connectivity index (χ1n) is 7.52. The maximum atomic E-state index is 6.45. The number of hydrogen-bond acceptors (Lipinski definition) is 2. The molecule has 2 saturated heterocycles. The molecule has 2 nitrogen and oxygen atoms in total. The van der Waals surface area contributed by atoms with Crippen molar-refractivity contribution in [1.82, 2.24) is 0 Å². The van der Waals surface area contributed by atoms with Crippen molar-refractivity contribution >= 4 is 0 Å². The Kier molecular flexibility index (Phi) is 4.48. The second-order valence-electron chi connectivity index (χ2n) is 5.89. The van der Waals surface area contributed by atoms with Gasteiger partial charge in [0.1, 0.15) is 0 Å². The van der Waals surface area contributed by atoms with Crippen molar-refractivity contribution in [2.24, 2.45) is 11.8 Å². The fourth-order valence-electron chi connectivity index (χ4n) is 3.47. The standard InChI is InChI=1S/C15H28O2/c1-4-13(5-2)14-12(3)8-10-15(17-14)9-6-7-11-16-15/h12-14H,4-11H2,1-3H3/t12-,14+,15+/m0/s1. The van der Waals surface area contributed by atoms with Crippen LogP contribution in [0.5, 0.6) is 0 Å². The van der Waals surface area contributed by atoms with Gasteiger partial charge in [-0.1, -0.05) is 33.6 Å². The Morgan fingerprint density at radius 3 is 2.53 bits per heavy atom. The Bertz CT molecular complexity index is 229. The van der Waals surface area contributed by atoms with E-state index in [4.69, 9.17) is 9.47 Å². The quantitative estimate of drug-likeness (QED) is 0.738. The molecule has 3 atom stereocenters. The van der Waals surface area contributed by atoms with Crippen LogP contribution in [-0.4, -0.2) is 18.5 Å². The highest BCUT2D eigenvalue weighted by atomic mass is 16.7. The van der Waals surface area contributed by atoms with E-state index < -0.39 is 0 Å². The third kappa shape index (κ3) is 2.85. The number of rotatable bonds is 3. The van der Waals surface area contributed by atoms with E-state index in [0.717, 1.165) is 19.4 Å². The van der Waals surface area contributed by atoms with Crippen molar-refractivity contribution in [2.75, 3.05) is 6.61 Å². The molecule has 0 aromatic carbocycles. The van der Waals surface area contributed by atoms with Crippen LogP contribution in [0.4, 0.5) is 0 Å². The van der Waals surface area contributed by atoms with Crippen molar-refractivity contribution in [2.45, 2.75) is 77.6 Å². The van der Waals surface area contributed by atoms with Gasteiger partial charge in [-0.3, -0.25) is 0 Å². The molecule has 0 N–H and O–H groups in total. The second kappa shape index (κ2) is 5.71. The Labute approximate surface area is 106 Å². The predicted octanol–water partition coefficient (Wildman–Crippen LogP) is 4.13. The van der Waals surface area contributed by atoms with Crippen molar-refractivity contribution < 1.29 is 9.47 Å². The van der Waals surface area contributed by atoms with E-state index in [2.05, 4.69) is 20.8 Å². The monoisotopic (exact) mass is 240 g/mol. The van der Waals surface area contributed by atoms with E-state index in [-0.39, 0.29) is 5.79 Å². The molecule has 0 bridgehead atoms. The first-order chi connectivity index (χ1) is 8.21. The number of ether oxygens (including phenoxy) is 2. The minimum atomic E-state index is -0.210. The average molecular weight is 240 g/mol. The Balaban J connectivity index is 2.04. The van der Waals surface area contributed by atoms with Gasteiger partial charge in [-0.25, -0.2) is 0 Å². The summed E-state index contributed by atoms with van der Waals surface area (Å²) >= 11 is 0. The van der Waals surface area contributed by atoms with Gasteiger partial charge in [0, 0.05) is 12.8 Å². The summed E-state index contributed by atoms with van der Waals surface area (Å²) in [5.74, 6) is 1.18. The molecule has 2 fully saturated rings. The molecule has 2 aliphatic rings. The van der Waals surface area contributed by atoms with Gasteiger partial charge in [0.25, 0.3) is 0 Å². The lowest BCUT2D eigenvalue weighted by Gasteiger charge is -2.47. The van der Waals surface area contributed by atoms with Gasteiger partial charge >= 0.3 is 0 Å². The van der Waals surface area contributed by atoms with Gasteiger partial charge in [0.2, 0.25) is 0 Å². The van der Waals surface area contributed by atoms with Crippen molar-refractivity contribution in [3.05, 3.63) is 0 Å². The van der Waals surface area contributed by atoms with Crippen LogP contribution in [-0.2, 0) is 9.47 Å². The minimum Gasteiger partial charge on any atom is -0.350 e. The van der Waals surface area contributed by atoms with Crippen molar-refractivity contribution in [3.63, 3.8) is 0 Å². The summed E-state index contributed by atoms with van der Waals surface area (Å²) in [6.45, 7) is 7.81. The molecule has 100 valence electrons. The summed E-state index contributed by atoms with van der Waals surface area (Å²) in [5.41, 5.74) is 0. The van der Waals surface area contributed by atoms with Gasteiger partial charge in [0.15, 0.2) is 5.79 Å². The van der Waals surface area contributed by atoms with Crippen LogP contribution in [0, 0.1) is 11.8 Å². The third-order valence-electron chi connectivity index (χ3n) is 4.72. The molecular formula is C15H28O2. The van der Waals surface area contributed by atoms with E-state index >= 15 is 0 Å². The lowest BCUT2D eigenvalue weighted by atomic mass is 9.81. The molecule has 0 aromatic heterocycles. The summed E-state index contributed by atoms with van der Waals surface area (Å²) in [6, 6.07) is 0. The van der Waals surface area contributed by atoms with Crippen LogP contribution in [0.1, 0.15) is 65.7 Å². The van der Waals surface area contributed by atoms with Crippen LogP contribution in [0.15, 0.2) is 0 Å². The minimum absolute atomic E-state index is 0.210. The van der Waals surface area contributed by atoms with E-state index in [9.17, 15) is 0 Å². The predicted molar refractivity (Wildman–Crippen MR) is 69.9 cm³/mol. The highest BCUT2D eigenvalue weighted by Crippen LogP contribution is 2.42. The summed E-state index contributed by atoms with van der Waals surface area (Å²) in [7, 11) is 0. The highest BCUT2D eigenvalue weighted by Gasteiger charge is 2.43. The normalized spacial score (nSPS) is 38.8. The second-order valence-corrected chi connectivity index (χ2v) is 5.89. The molecule has 0 radical (unpaired) electrons. The maximum Gasteiger partial charge on any atom is 0.168 e. The molecule has 1 spiro atoms. The zero-order chi connectivity index (χ0) is 12.3. The van der Waals surface area contributed by atoms with E-state index in [1.54, 1.807) is 0 Å². The van der Waals surface area contributed by atoms with Gasteiger partial charge < -0.3 is 9.47 Å². The first kappa shape index (κ1) is 13.4. The Morgan fingerprint density at radius 2 is 1.94 bits per heavy atom. The summed E-state index contributed by atoms with van der Waals surface area (Å²) < 4.78 is 12.5. The molecule has 0 aliphatic carbocycles. The van der Waals surface area contributed by atoms with Crippen molar-refractivity contribution in [3.8, 4) is 0 Å². The highest BCUT2D eigenvalue weighted by molar-refractivity contribution is 4.86. The lowest BCUT2D eigenvalue weighted by molar-refractivity contribution is -0.312. The molecule has 0 amide bonds. The fraction of sp³-hybridized carbons (Fsp3) is 1.00. The summed E-state index contributed by atoms with van der Waals surface area (Å²) in [4.78, 5) is 0. The molecule has 0 aromatic rings. The topological polar surface area (TPSA) is 18.5 Å². The number of hydrogen-bond donors (Lipinski definition) is 0. The molecule has 2 aliphatic heterocycles. The van der Waals surface area contributed by atoms with Crippen LogP contribution >= 0.6 is 0 Å². The van der Waals surface area contributed by atoms with Crippen molar-refractivity contribution in [1.29, 1.82) is 0 Å². The molecular weight excluding hydrogens is 212 g/mol. The Morgan fingerprint density at radius 1 is 1.18 bits per heavy atom. The van der Waals surface area contributed by atoms with Gasteiger partial charge in [-0.2, -0.15) is 0 Å². The smallest absolute Gasteiger partial charge is 0.168 e. The van der Waals surface area contributed by atoms with E-state index in [0.29, 0.717) is 17.9 Å². The van der Waals surface area contributed by atoms with Crippen LogP contribution in [0.3, 0.4) is 0 Å². The maximum absolute atomic E-state index is 6.45. The molecule has 17 heavy (non-hydrogen) atoms.